The summed E-state index contributed by atoms with van der Waals surface area (Å²) in [7, 11) is 1.61. The number of amides is 3. The van der Waals surface area contributed by atoms with E-state index in [1.807, 2.05) is 24.3 Å². The van der Waals surface area contributed by atoms with Gasteiger partial charge in [-0.2, -0.15) is 0 Å². The second-order valence-corrected chi connectivity index (χ2v) is 6.88. The highest BCUT2D eigenvalue weighted by molar-refractivity contribution is 6.04. The Labute approximate surface area is 154 Å². The summed E-state index contributed by atoms with van der Waals surface area (Å²) in [5.74, 6) is 0.276. The van der Waals surface area contributed by atoms with Crippen molar-refractivity contribution in [1.29, 1.82) is 0 Å². The zero-order valence-electron chi connectivity index (χ0n) is 15.7. The molecule has 2 rings (SSSR count). The Morgan fingerprint density at radius 1 is 1.19 bits per heavy atom. The van der Waals surface area contributed by atoms with Crippen molar-refractivity contribution in [3.8, 4) is 5.75 Å². The van der Waals surface area contributed by atoms with Gasteiger partial charge in [0.2, 0.25) is 18.2 Å². The van der Waals surface area contributed by atoms with Crippen molar-refractivity contribution < 1.29 is 19.1 Å². The smallest absolute Gasteiger partial charge is 0.237 e. The molecule has 1 aromatic carbocycles. The summed E-state index contributed by atoms with van der Waals surface area (Å²) in [4.78, 5) is 39.3. The van der Waals surface area contributed by atoms with Crippen LogP contribution in [0.3, 0.4) is 0 Å². The standard InChI is InChI=1S/C19H27N3O4/c1-19(2,18(25)22-12-10-21(14-23)11-13-22)17(24)20-9-8-15-6-4-5-7-16(15)26-3/h4-7,14H,8-13H2,1-3H3,(H,20,24). The lowest BCUT2D eigenvalue weighted by Gasteiger charge is -2.36. The van der Waals surface area contributed by atoms with Gasteiger partial charge in [0.25, 0.3) is 0 Å². The Morgan fingerprint density at radius 2 is 1.85 bits per heavy atom. The quantitative estimate of drug-likeness (QED) is 0.572. The number of ether oxygens (including phenoxy) is 1. The van der Waals surface area contributed by atoms with E-state index in [0.717, 1.165) is 17.7 Å². The highest BCUT2D eigenvalue weighted by atomic mass is 16.5. The molecule has 1 heterocycles. The Morgan fingerprint density at radius 3 is 2.46 bits per heavy atom. The van der Waals surface area contributed by atoms with Crippen LogP contribution in [0, 0.1) is 5.41 Å². The normalized spacial score (nSPS) is 14.7. The number of hydrogen-bond acceptors (Lipinski definition) is 4. The van der Waals surface area contributed by atoms with Crippen LogP contribution in [0.25, 0.3) is 0 Å². The van der Waals surface area contributed by atoms with Crippen LogP contribution in [-0.2, 0) is 20.8 Å². The number of methoxy groups -OCH3 is 1. The van der Waals surface area contributed by atoms with Gasteiger partial charge in [-0.1, -0.05) is 18.2 Å². The predicted octanol–water partition coefficient (Wildman–Crippen LogP) is 0.681. The average molecular weight is 361 g/mol. The van der Waals surface area contributed by atoms with Crippen molar-refractivity contribution in [3.05, 3.63) is 29.8 Å². The van der Waals surface area contributed by atoms with Crippen molar-refractivity contribution in [1.82, 2.24) is 15.1 Å². The maximum atomic E-state index is 12.7. The number of piperazine rings is 1. The second-order valence-electron chi connectivity index (χ2n) is 6.88. The van der Waals surface area contributed by atoms with Gasteiger partial charge in [0.05, 0.1) is 7.11 Å². The molecule has 1 aliphatic heterocycles. The number of carbonyl (C=O) groups is 3. The minimum absolute atomic E-state index is 0.210. The molecule has 1 aromatic rings. The number of carbonyl (C=O) groups excluding carboxylic acids is 3. The van der Waals surface area contributed by atoms with Crippen LogP contribution in [0.2, 0.25) is 0 Å². The monoisotopic (exact) mass is 361 g/mol. The molecule has 1 aliphatic rings. The second kappa shape index (κ2) is 8.69. The first-order valence-corrected chi connectivity index (χ1v) is 8.79. The van der Waals surface area contributed by atoms with E-state index in [4.69, 9.17) is 4.74 Å². The Kier molecular flexibility index (Phi) is 6.60. The molecule has 3 amide bonds. The Hall–Kier alpha value is -2.57. The fourth-order valence-corrected chi connectivity index (χ4v) is 2.96. The molecule has 0 radical (unpaired) electrons. The molecular weight excluding hydrogens is 334 g/mol. The van der Waals surface area contributed by atoms with E-state index >= 15 is 0 Å². The number of nitrogens with zero attached hydrogens (tertiary/aromatic N) is 2. The van der Waals surface area contributed by atoms with Crippen molar-refractivity contribution >= 4 is 18.2 Å². The highest BCUT2D eigenvalue weighted by Crippen LogP contribution is 2.21. The largest absolute Gasteiger partial charge is 0.496 e. The molecular formula is C19H27N3O4. The number of para-hydroxylation sites is 1. The molecule has 1 N–H and O–H groups in total. The van der Waals surface area contributed by atoms with Crippen molar-refractivity contribution in [2.45, 2.75) is 20.3 Å². The average Bonchev–Trinajstić information content (AvgIpc) is 2.67. The third kappa shape index (κ3) is 4.53. The van der Waals surface area contributed by atoms with Crippen LogP contribution in [-0.4, -0.2) is 67.9 Å². The van der Waals surface area contributed by atoms with Gasteiger partial charge >= 0.3 is 0 Å². The van der Waals surface area contributed by atoms with E-state index < -0.39 is 5.41 Å². The lowest BCUT2D eigenvalue weighted by Crippen LogP contribution is -2.55. The Bertz CT molecular complexity index is 652. The molecule has 0 aliphatic carbocycles. The molecule has 0 atom stereocenters. The summed E-state index contributed by atoms with van der Waals surface area (Å²) in [5.41, 5.74) is -0.145. The zero-order chi connectivity index (χ0) is 19.2. The van der Waals surface area contributed by atoms with Gasteiger partial charge in [-0.15, -0.1) is 0 Å². The molecule has 7 heteroatoms. The van der Waals surface area contributed by atoms with Gasteiger partial charge in [0.1, 0.15) is 11.2 Å². The van der Waals surface area contributed by atoms with Gasteiger partial charge < -0.3 is 19.9 Å². The third-order valence-corrected chi connectivity index (χ3v) is 4.73. The molecule has 0 aromatic heterocycles. The van der Waals surface area contributed by atoms with Gasteiger partial charge in [-0.05, 0) is 31.9 Å². The molecule has 1 fully saturated rings. The van der Waals surface area contributed by atoms with Crippen LogP contribution in [0.15, 0.2) is 24.3 Å². The van der Waals surface area contributed by atoms with Crippen LogP contribution < -0.4 is 10.1 Å². The van der Waals surface area contributed by atoms with Gasteiger partial charge in [0.15, 0.2) is 0 Å². The SMILES string of the molecule is COc1ccccc1CCNC(=O)C(C)(C)C(=O)N1CCN(C=O)CC1. The van der Waals surface area contributed by atoms with Crippen LogP contribution in [0.5, 0.6) is 5.75 Å². The molecule has 1 saturated heterocycles. The van der Waals surface area contributed by atoms with Crippen molar-refractivity contribution in [2.24, 2.45) is 5.41 Å². The molecule has 26 heavy (non-hydrogen) atoms. The first-order chi connectivity index (χ1) is 12.4. The van der Waals surface area contributed by atoms with E-state index in [9.17, 15) is 14.4 Å². The summed E-state index contributed by atoms with van der Waals surface area (Å²) >= 11 is 0. The molecule has 0 spiro atoms. The van der Waals surface area contributed by atoms with E-state index in [0.29, 0.717) is 39.1 Å². The highest BCUT2D eigenvalue weighted by Gasteiger charge is 2.39. The van der Waals surface area contributed by atoms with Gasteiger partial charge in [-0.25, -0.2) is 0 Å². The van der Waals surface area contributed by atoms with E-state index in [-0.39, 0.29) is 11.8 Å². The van der Waals surface area contributed by atoms with Crippen LogP contribution in [0.4, 0.5) is 0 Å². The lowest BCUT2D eigenvalue weighted by atomic mass is 9.90. The van der Waals surface area contributed by atoms with E-state index in [1.165, 1.54) is 0 Å². The third-order valence-electron chi connectivity index (χ3n) is 4.73. The van der Waals surface area contributed by atoms with Gasteiger partial charge in [-0.3, -0.25) is 14.4 Å². The zero-order valence-corrected chi connectivity index (χ0v) is 15.7. The topological polar surface area (TPSA) is 79.0 Å². The van der Waals surface area contributed by atoms with Crippen LogP contribution in [0.1, 0.15) is 19.4 Å². The number of hydrogen-bond donors (Lipinski definition) is 1. The molecule has 0 saturated carbocycles. The Balaban J connectivity index is 1.88. The fourth-order valence-electron chi connectivity index (χ4n) is 2.96. The number of nitrogens with one attached hydrogen (secondary N) is 1. The maximum absolute atomic E-state index is 12.7. The summed E-state index contributed by atoms with van der Waals surface area (Å²) in [6, 6.07) is 7.65. The minimum atomic E-state index is -1.15. The van der Waals surface area contributed by atoms with Gasteiger partial charge in [0, 0.05) is 32.7 Å². The first-order valence-electron chi connectivity index (χ1n) is 8.79. The summed E-state index contributed by atoms with van der Waals surface area (Å²) < 4.78 is 5.30. The van der Waals surface area contributed by atoms with E-state index in [2.05, 4.69) is 5.32 Å². The summed E-state index contributed by atoms with van der Waals surface area (Å²) in [5, 5.41) is 2.85. The number of benzene rings is 1. The fraction of sp³-hybridized carbons (Fsp3) is 0.526. The first kappa shape index (κ1) is 19.8. The molecule has 142 valence electrons. The summed E-state index contributed by atoms with van der Waals surface area (Å²) in [6.45, 7) is 5.61. The molecule has 0 unspecified atom stereocenters. The lowest BCUT2D eigenvalue weighted by molar-refractivity contribution is -0.150. The van der Waals surface area contributed by atoms with Crippen molar-refractivity contribution in [3.63, 3.8) is 0 Å². The number of rotatable bonds is 7. The summed E-state index contributed by atoms with van der Waals surface area (Å²) in [6.07, 6.45) is 1.41. The molecule has 0 bridgehead atoms. The minimum Gasteiger partial charge on any atom is -0.496 e. The van der Waals surface area contributed by atoms with E-state index in [1.54, 1.807) is 30.8 Å². The molecule has 7 nitrogen and oxygen atoms in total. The van der Waals surface area contributed by atoms with Crippen molar-refractivity contribution in [2.75, 3.05) is 39.8 Å². The van der Waals surface area contributed by atoms with Crippen LogP contribution >= 0.6 is 0 Å². The maximum Gasteiger partial charge on any atom is 0.237 e. The predicted molar refractivity (Wildman–Crippen MR) is 97.7 cm³/mol.